The zero-order valence-corrected chi connectivity index (χ0v) is 10.4. The molecule has 16 heavy (non-hydrogen) atoms. The van der Waals surface area contributed by atoms with E-state index in [9.17, 15) is 13.2 Å². The van der Waals surface area contributed by atoms with Crippen molar-refractivity contribution in [3.8, 4) is 0 Å². The van der Waals surface area contributed by atoms with Crippen LogP contribution >= 0.6 is 0 Å². The predicted molar refractivity (Wildman–Crippen MR) is 60.3 cm³/mol. The highest BCUT2D eigenvalue weighted by atomic mass is 19.4. The number of nitrogens with two attached hydrogens (primary N) is 1. The van der Waals surface area contributed by atoms with Crippen LogP contribution in [0.1, 0.15) is 40.0 Å². The van der Waals surface area contributed by atoms with E-state index in [1.54, 1.807) is 0 Å². The van der Waals surface area contributed by atoms with Gasteiger partial charge in [0.1, 0.15) is 0 Å². The number of hydrogen-bond donors (Lipinski definition) is 1. The molecule has 0 aliphatic rings. The maximum absolute atomic E-state index is 12.0. The van der Waals surface area contributed by atoms with E-state index in [-0.39, 0.29) is 12.0 Å². The SMILES string of the molecule is CCN(CCCC(F)(F)F)C(C)(CC)CN. The molecule has 0 saturated carbocycles. The highest BCUT2D eigenvalue weighted by Crippen LogP contribution is 2.23. The first kappa shape index (κ1) is 15.7. The summed E-state index contributed by atoms with van der Waals surface area (Å²) in [7, 11) is 0. The van der Waals surface area contributed by atoms with Gasteiger partial charge in [0.15, 0.2) is 0 Å². The summed E-state index contributed by atoms with van der Waals surface area (Å²) < 4.78 is 36.1. The van der Waals surface area contributed by atoms with Crippen molar-refractivity contribution < 1.29 is 13.2 Å². The van der Waals surface area contributed by atoms with Crippen LogP contribution in [0.25, 0.3) is 0 Å². The van der Waals surface area contributed by atoms with Crippen LogP contribution in [0.4, 0.5) is 13.2 Å². The number of rotatable bonds is 7. The topological polar surface area (TPSA) is 29.3 Å². The van der Waals surface area contributed by atoms with E-state index < -0.39 is 12.6 Å². The first-order chi connectivity index (χ1) is 7.29. The molecular formula is C11H23F3N2. The summed E-state index contributed by atoms with van der Waals surface area (Å²) in [6, 6.07) is 0. The van der Waals surface area contributed by atoms with Gasteiger partial charge in [0, 0.05) is 18.5 Å². The minimum absolute atomic E-state index is 0.146. The molecule has 0 bridgehead atoms. The van der Waals surface area contributed by atoms with Crippen LogP contribution < -0.4 is 5.73 Å². The fourth-order valence-electron chi connectivity index (χ4n) is 1.78. The van der Waals surface area contributed by atoms with Gasteiger partial charge in [-0.05, 0) is 32.9 Å². The van der Waals surface area contributed by atoms with E-state index in [2.05, 4.69) is 0 Å². The number of alkyl halides is 3. The summed E-state index contributed by atoms with van der Waals surface area (Å²) >= 11 is 0. The maximum Gasteiger partial charge on any atom is 0.389 e. The molecule has 0 amide bonds. The van der Waals surface area contributed by atoms with Gasteiger partial charge in [-0.2, -0.15) is 13.2 Å². The molecule has 0 rings (SSSR count). The molecule has 0 saturated heterocycles. The molecule has 98 valence electrons. The zero-order valence-electron chi connectivity index (χ0n) is 10.4. The maximum atomic E-state index is 12.0. The van der Waals surface area contributed by atoms with Crippen molar-refractivity contribution in [1.29, 1.82) is 0 Å². The minimum Gasteiger partial charge on any atom is -0.329 e. The normalized spacial score (nSPS) is 16.5. The molecule has 0 aromatic carbocycles. The van der Waals surface area contributed by atoms with E-state index in [0.717, 1.165) is 13.0 Å². The molecule has 0 radical (unpaired) electrons. The molecule has 0 aromatic heterocycles. The molecule has 0 aromatic rings. The summed E-state index contributed by atoms with van der Waals surface area (Å²) in [5.41, 5.74) is 5.51. The number of halogens is 3. The van der Waals surface area contributed by atoms with Crippen LogP contribution in [0.5, 0.6) is 0 Å². The summed E-state index contributed by atoms with van der Waals surface area (Å²) in [6.07, 6.45) is -3.77. The van der Waals surface area contributed by atoms with E-state index >= 15 is 0 Å². The molecular weight excluding hydrogens is 217 g/mol. The van der Waals surface area contributed by atoms with Crippen molar-refractivity contribution in [3.05, 3.63) is 0 Å². The third kappa shape index (κ3) is 5.16. The quantitative estimate of drug-likeness (QED) is 0.741. The van der Waals surface area contributed by atoms with E-state index in [0.29, 0.717) is 13.1 Å². The molecule has 1 atom stereocenters. The van der Waals surface area contributed by atoms with Gasteiger partial charge in [0.2, 0.25) is 0 Å². The second kappa shape index (κ2) is 6.45. The summed E-state index contributed by atoms with van der Waals surface area (Å²) in [5.74, 6) is 0. The second-order valence-electron chi connectivity index (χ2n) is 4.35. The lowest BCUT2D eigenvalue weighted by molar-refractivity contribution is -0.136. The van der Waals surface area contributed by atoms with E-state index in [4.69, 9.17) is 5.73 Å². The van der Waals surface area contributed by atoms with Crippen LogP contribution in [-0.2, 0) is 0 Å². The van der Waals surface area contributed by atoms with Gasteiger partial charge < -0.3 is 5.73 Å². The Morgan fingerprint density at radius 1 is 1.19 bits per heavy atom. The van der Waals surface area contributed by atoms with Gasteiger partial charge in [-0.1, -0.05) is 13.8 Å². The molecule has 5 heteroatoms. The fourth-order valence-corrected chi connectivity index (χ4v) is 1.78. The lowest BCUT2D eigenvalue weighted by Gasteiger charge is -2.39. The third-order valence-corrected chi connectivity index (χ3v) is 3.23. The molecule has 0 fully saturated rings. The summed E-state index contributed by atoms with van der Waals surface area (Å²) in [6.45, 7) is 7.64. The van der Waals surface area contributed by atoms with Crippen molar-refractivity contribution in [2.75, 3.05) is 19.6 Å². The van der Waals surface area contributed by atoms with Gasteiger partial charge in [-0.3, -0.25) is 4.90 Å². The van der Waals surface area contributed by atoms with Crippen LogP contribution in [-0.4, -0.2) is 36.2 Å². The molecule has 0 aliphatic heterocycles. The zero-order chi connectivity index (χ0) is 12.8. The monoisotopic (exact) mass is 240 g/mol. The van der Waals surface area contributed by atoms with Crippen LogP contribution in [0.2, 0.25) is 0 Å². The van der Waals surface area contributed by atoms with Crippen molar-refractivity contribution >= 4 is 0 Å². The number of nitrogens with zero attached hydrogens (tertiary/aromatic N) is 1. The highest BCUT2D eigenvalue weighted by molar-refractivity contribution is 4.85. The lowest BCUT2D eigenvalue weighted by atomic mass is 9.96. The van der Waals surface area contributed by atoms with Crippen molar-refractivity contribution in [1.82, 2.24) is 4.90 Å². The number of hydrogen-bond acceptors (Lipinski definition) is 2. The molecule has 1 unspecified atom stereocenters. The summed E-state index contributed by atoms with van der Waals surface area (Å²) in [5, 5.41) is 0. The lowest BCUT2D eigenvalue weighted by Crippen LogP contribution is -2.51. The Morgan fingerprint density at radius 2 is 1.75 bits per heavy atom. The Hall–Kier alpha value is -0.290. The first-order valence-electron chi connectivity index (χ1n) is 5.81. The van der Waals surface area contributed by atoms with E-state index in [1.807, 2.05) is 25.7 Å². The van der Waals surface area contributed by atoms with Crippen LogP contribution in [0.3, 0.4) is 0 Å². The summed E-state index contributed by atoms with van der Waals surface area (Å²) in [4.78, 5) is 2.04. The third-order valence-electron chi connectivity index (χ3n) is 3.23. The Kier molecular flexibility index (Phi) is 6.33. The molecule has 0 aliphatic carbocycles. The molecule has 2 nitrogen and oxygen atoms in total. The van der Waals surface area contributed by atoms with Gasteiger partial charge in [-0.25, -0.2) is 0 Å². The van der Waals surface area contributed by atoms with Gasteiger partial charge in [0.25, 0.3) is 0 Å². The van der Waals surface area contributed by atoms with Gasteiger partial charge >= 0.3 is 6.18 Å². The minimum atomic E-state index is -4.05. The van der Waals surface area contributed by atoms with Crippen LogP contribution in [0.15, 0.2) is 0 Å². The highest BCUT2D eigenvalue weighted by Gasteiger charge is 2.30. The van der Waals surface area contributed by atoms with Crippen LogP contribution in [0, 0.1) is 0 Å². The number of likely N-dealkylation sites (N-methyl/N-ethyl adjacent to an activating group) is 1. The first-order valence-corrected chi connectivity index (χ1v) is 5.81. The molecule has 0 spiro atoms. The average molecular weight is 240 g/mol. The predicted octanol–water partition coefficient (Wildman–Crippen LogP) is 2.78. The molecule has 2 N–H and O–H groups in total. The largest absolute Gasteiger partial charge is 0.389 e. The fraction of sp³-hybridized carbons (Fsp3) is 1.00. The Bertz CT molecular complexity index is 188. The van der Waals surface area contributed by atoms with Gasteiger partial charge in [0.05, 0.1) is 0 Å². The van der Waals surface area contributed by atoms with Crippen molar-refractivity contribution in [2.24, 2.45) is 5.73 Å². The van der Waals surface area contributed by atoms with Gasteiger partial charge in [-0.15, -0.1) is 0 Å². The van der Waals surface area contributed by atoms with E-state index in [1.165, 1.54) is 0 Å². The average Bonchev–Trinajstić information content (AvgIpc) is 2.22. The standard InChI is InChI=1S/C11H23F3N2/c1-4-10(3,9-15)16(5-2)8-6-7-11(12,13)14/h4-9,15H2,1-3H3. The smallest absolute Gasteiger partial charge is 0.329 e. The Labute approximate surface area is 96.0 Å². The van der Waals surface area contributed by atoms with Crippen molar-refractivity contribution in [2.45, 2.75) is 51.7 Å². The second-order valence-corrected chi connectivity index (χ2v) is 4.35. The van der Waals surface area contributed by atoms with Crippen molar-refractivity contribution in [3.63, 3.8) is 0 Å². The molecule has 0 heterocycles. The Balaban J connectivity index is 4.20. The Morgan fingerprint density at radius 3 is 2.06 bits per heavy atom.